The first-order valence-corrected chi connectivity index (χ1v) is 7.41. The van der Waals surface area contributed by atoms with E-state index < -0.39 is 0 Å². The van der Waals surface area contributed by atoms with E-state index in [1.54, 1.807) is 0 Å². The quantitative estimate of drug-likeness (QED) is 0.801. The van der Waals surface area contributed by atoms with Gasteiger partial charge in [0.05, 0.1) is 11.7 Å². The Balaban J connectivity index is 3.32. The molecule has 3 heteroatoms. The molecule has 0 saturated carbocycles. The summed E-state index contributed by atoms with van der Waals surface area (Å²) in [6, 6.07) is 0.932. The molecule has 1 aromatic rings. The van der Waals surface area contributed by atoms with Crippen molar-refractivity contribution >= 4 is 0 Å². The van der Waals surface area contributed by atoms with Crippen LogP contribution < -0.4 is 5.32 Å². The lowest BCUT2D eigenvalue weighted by molar-refractivity contribution is 0.412. The molecular weight excluding hydrogens is 222 g/mol. The van der Waals surface area contributed by atoms with Crippen LogP contribution in [0.4, 0.5) is 0 Å². The predicted molar refractivity (Wildman–Crippen MR) is 78.1 cm³/mol. The molecule has 0 spiro atoms. The first-order valence-electron chi connectivity index (χ1n) is 7.41. The van der Waals surface area contributed by atoms with Gasteiger partial charge in [-0.1, -0.05) is 27.7 Å². The van der Waals surface area contributed by atoms with E-state index in [0.717, 1.165) is 25.7 Å². The highest BCUT2D eigenvalue weighted by molar-refractivity contribution is 5.30. The Morgan fingerprint density at radius 2 is 1.72 bits per heavy atom. The molecule has 1 unspecified atom stereocenters. The van der Waals surface area contributed by atoms with Crippen LogP contribution in [0.5, 0.6) is 0 Å². The highest BCUT2D eigenvalue weighted by atomic mass is 15.3. The maximum Gasteiger partial charge on any atom is 0.0672 e. The third-order valence-corrected chi connectivity index (χ3v) is 3.95. The number of rotatable bonds is 7. The number of hydrogen-bond donors (Lipinski definition) is 1. The lowest BCUT2D eigenvalue weighted by Crippen LogP contribution is -2.17. The Kier molecular flexibility index (Phi) is 5.86. The highest BCUT2D eigenvalue weighted by Gasteiger charge is 2.22. The summed E-state index contributed by atoms with van der Waals surface area (Å²) in [4.78, 5) is 0. The van der Waals surface area contributed by atoms with Crippen LogP contribution in [0.25, 0.3) is 0 Å². The summed E-state index contributed by atoms with van der Waals surface area (Å²) in [5.74, 6) is 0. The van der Waals surface area contributed by atoms with Gasteiger partial charge in [0.2, 0.25) is 0 Å². The summed E-state index contributed by atoms with van der Waals surface area (Å²) in [5.41, 5.74) is 4.11. The standard InChI is InChI=1S/C15H29N3/c1-7-12(8-2)18-14(10-4)15(11(5)16-6)13(9-3)17-18/h11-12,16H,7-10H2,1-6H3. The van der Waals surface area contributed by atoms with E-state index in [0.29, 0.717) is 12.1 Å². The first-order chi connectivity index (χ1) is 8.64. The average Bonchev–Trinajstić information content (AvgIpc) is 2.77. The van der Waals surface area contributed by atoms with Crippen LogP contribution in [-0.4, -0.2) is 16.8 Å². The van der Waals surface area contributed by atoms with Gasteiger partial charge in [-0.15, -0.1) is 0 Å². The van der Waals surface area contributed by atoms with Crippen molar-refractivity contribution in [3.05, 3.63) is 17.0 Å². The molecule has 1 atom stereocenters. The van der Waals surface area contributed by atoms with Crippen molar-refractivity contribution in [2.24, 2.45) is 0 Å². The van der Waals surface area contributed by atoms with Crippen molar-refractivity contribution in [3.63, 3.8) is 0 Å². The van der Waals surface area contributed by atoms with Gasteiger partial charge in [0, 0.05) is 17.3 Å². The van der Waals surface area contributed by atoms with Crippen molar-refractivity contribution in [1.29, 1.82) is 0 Å². The Labute approximate surface area is 112 Å². The van der Waals surface area contributed by atoms with Crippen LogP contribution in [0.1, 0.15) is 76.5 Å². The van der Waals surface area contributed by atoms with Crippen molar-refractivity contribution in [2.75, 3.05) is 7.05 Å². The van der Waals surface area contributed by atoms with E-state index in [4.69, 9.17) is 5.10 Å². The van der Waals surface area contributed by atoms with E-state index in [1.165, 1.54) is 17.0 Å². The average molecular weight is 251 g/mol. The molecule has 1 rings (SSSR count). The molecule has 0 aromatic carbocycles. The molecule has 18 heavy (non-hydrogen) atoms. The molecule has 1 aromatic heterocycles. The summed E-state index contributed by atoms with van der Waals surface area (Å²) in [5, 5.41) is 8.25. The van der Waals surface area contributed by atoms with Gasteiger partial charge < -0.3 is 5.32 Å². The Morgan fingerprint density at radius 1 is 1.11 bits per heavy atom. The molecule has 0 radical (unpaired) electrons. The second-order valence-corrected chi connectivity index (χ2v) is 4.94. The van der Waals surface area contributed by atoms with E-state index in [9.17, 15) is 0 Å². The van der Waals surface area contributed by atoms with Gasteiger partial charge in [-0.2, -0.15) is 5.10 Å². The number of aromatic nitrogens is 2. The van der Waals surface area contributed by atoms with Crippen molar-refractivity contribution < 1.29 is 0 Å². The summed E-state index contributed by atoms with van der Waals surface area (Å²) >= 11 is 0. The molecule has 0 aliphatic heterocycles. The van der Waals surface area contributed by atoms with Gasteiger partial charge in [-0.3, -0.25) is 4.68 Å². The van der Waals surface area contributed by atoms with Crippen molar-refractivity contribution in [2.45, 2.75) is 72.4 Å². The Bertz CT molecular complexity index is 364. The molecule has 0 amide bonds. The number of aryl methyl sites for hydroxylation is 1. The monoisotopic (exact) mass is 251 g/mol. The molecule has 1 N–H and O–H groups in total. The zero-order valence-corrected chi connectivity index (χ0v) is 12.9. The fraction of sp³-hybridized carbons (Fsp3) is 0.800. The van der Waals surface area contributed by atoms with Gasteiger partial charge in [0.1, 0.15) is 0 Å². The number of nitrogens with zero attached hydrogens (tertiary/aromatic N) is 2. The summed E-state index contributed by atoms with van der Waals surface area (Å²) in [6.45, 7) is 11.2. The maximum absolute atomic E-state index is 4.89. The second kappa shape index (κ2) is 6.93. The third-order valence-electron chi connectivity index (χ3n) is 3.95. The molecule has 0 saturated heterocycles. The Hall–Kier alpha value is -0.830. The van der Waals surface area contributed by atoms with Crippen LogP contribution >= 0.6 is 0 Å². The van der Waals surface area contributed by atoms with E-state index in [2.05, 4.69) is 44.6 Å². The van der Waals surface area contributed by atoms with Crippen molar-refractivity contribution in [1.82, 2.24) is 15.1 Å². The largest absolute Gasteiger partial charge is 0.313 e. The molecule has 0 aliphatic carbocycles. The Morgan fingerprint density at radius 3 is 2.11 bits per heavy atom. The smallest absolute Gasteiger partial charge is 0.0672 e. The zero-order valence-electron chi connectivity index (χ0n) is 12.9. The summed E-state index contributed by atoms with van der Waals surface area (Å²) in [7, 11) is 2.03. The third kappa shape index (κ3) is 2.77. The minimum absolute atomic E-state index is 0.387. The molecule has 104 valence electrons. The van der Waals surface area contributed by atoms with Gasteiger partial charge >= 0.3 is 0 Å². The molecule has 0 bridgehead atoms. The van der Waals surface area contributed by atoms with E-state index in [1.807, 2.05) is 7.05 Å². The molecular formula is C15H29N3. The van der Waals surface area contributed by atoms with Gasteiger partial charge in [0.25, 0.3) is 0 Å². The van der Waals surface area contributed by atoms with Crippen molar-refractivity contribution in [3.8, 4) is 0 Å². The van der Waals surface area contributed by atoms with Crippen LogP contribution in [0.15, 0.2) is 0 Å². The van der Waals surface area contributed by atoms with Crippen LogP contribution in [0.3, 0.4) is 0 Å². The van der Waals surface area contributed by atoms with Crippen LogP contribution in [0.2, 0.25) is 0 Å². The van der Waals surface area contributed by atoms with E-state index >= 15 is 0 Å². The van der Waals surface area contributed by atoms with Gasteiger partial charge in [0.15, 0.2) is 0 Å². The lowest BCUT2D eigenvalue weighted by atomic mass is 10.0. The summed E-state index contributed by atoms with van der Waals surface area (Å²) in [6.07, 6.45) is 4.38. The second-order valence-electron chi connectivity index (χ2n) is 4.94. The summed E-state index contributed by atoms with van der Waals surface area (Å²) < 4.78 is 2.29. The number of nitrogens with one attached hydrogen (secondary N) is 1. The fourth-order valence-corrected chi connectivity index (χ4v) is 2.73. The minimum Gasteiger partial charge on any atom is -0.313 e. The minimum atomic E-state index is 0.387. The first kappa shape index (κ1) is 15.2. The fourth-order valence-electron chi connectivity index (χ4n) is 2.73. The van der Waals surface area contributed by atoms with Crippen LogP contribution in [0, 0.1) is 0 Å². The normalized spacial score (nSPS) is 13.3. The highest BCUT2D eigenvalue weighted by Crippen LogP contribution is 2.27. The van der Waals surface area contributed by atoms with Crippen LogP contribution in [-0.2, 0) is 12.8 Å². The van der Waals surface area contributed by atoms with Gasteiger partial charge in [-0.05, 0) is 39.7 Å². The number of hydrogen-bond acceptors (Lipinski definition) is 2. The topological polar surface area (TPSA) is 29.9 Å². The van der Waals surface area contributed by atoms with Gasteiger partial charge in [-0.25, -0.2) is 0 Å². The molecule has 3 nitrogen and oxygen atoms in total. The maximum atomic E-state index is 4.89. The lowest BCUT2D eigenvalue weighted by Gasteiger charge is -2.18. The SMILES string of the molecule is CCc1nn(C(CC)CC)c(CC)c1C(C)NC. The van der Waals surface area contributed by atoms with E-state index in [-0.39, 0.29) is 0 Å². The molecule has 0 aliphatic rings. The molecule has 1 heterocycles. The molecule has 0 fully saturated rings. The predicted octanol–water partition coefficient (Wildman–Crippen LogP) is 3.65. The zero-order chi connectivity index (χ0) is 13.7.